The molecule has 8 heteroatoms. The first-order valence-corrected chi connectivity index (χ1v) is 10.5. The van der Waals surface area contributed by atoms with E-state index < -0.39 is 0 Å². The Morgan fingerprint density at radius 3 is 2.82 bits per heavy atom. The zero-order valence-corrected chi connectivity index (χ0v) is 16.9. The quantitative estimate of drug-likeness (QED) is 0.575. The Morgan fingerprint density at radius 2 is 2.00 bits per heavy atom. The number of rotatable bonds is 5. The molecule has 2 aromatic carbocycles. The van der Waals surface area contributed by atoms with Crippen molar-refractivity contribution in [3.63, 3.8) is 0 Å². The van der Waals surface area contributed by atoms with Gasteiger partial charge in [0.25, 0.3) is 5.91 Å². The number of carbonyl (C=O) groups excluding carboxylic acids is 1. The Morgan fingerprint density at radius 1 is 1.14 bits per heavy atom. The second kappa shape index (κ2) is 8.53. The number of hydrogen-bond donors (Lipinski definition) is 2. The molecule has 0 fully saturated rings. The monoisotopic (exact) mass is 413 g/mol. The van der Waals surface area contributed by atoms with Crippen molar-refractivity contribution >= 4 is 40.0 Å². The summed E-state index contributed by atoms with van der Waals surface area (Å²) in [5.41, 5.74) is 2.29. The molecule has 28 heavy (non-hydrogen) atoms. The van der Waals surface area contributed by atoms with Gasteiger partial charge in [-0.3, -0.25) is 10.1 Å². The van der Waals surface area contributed by atoms with Gasteiger partial charge in [-0.2, -0.15) is 0 Å². The Labute approximate surface area is 171 Å². The molecule has 0 saturated carbocycles. The van der Waals surface area contributed by atoms with Gasteiger partial charge in [-0.1, -0.05) is 6.07 Å². The van der Waals surface area contributed by atoms with Crippen LogP contribution < -0.4 is 19.5 Å². The number of nitrogens with one attached hydrogen (secondary N) is 2. The molecule has 1 amide bonds. The van der Waals surface area contributed by atoms with Crippen molar-refractivity contribution in [2.45, 2.75) is 18.2 Å². The van der Waals surface area contributed by atoms with Crippen LogP contribution >= 0.6 is 23.3 Å². The SMILES string of the molecule is Cc1csc(NC(=O)c2cccc(NSc3ccc4c(c3)OCCCO4)c2)n1. The summed E-state index contributed by atoms with van der Waals surface area (Å²) < 4.78 is 14.7. The van der Waals surface area contributed by atoms with Crippen LogP contribution in [0.25, 0.3) is 0 Å². The van der Waals surface area contributed by atoms with Crippen LogP contribution in [0, 0.1) is 6.92 Å². The molecule has 2 heterocycles. The molecule has 0 spiro atoms. The van der Waals surface area contributed by atoms with E-state index in [1.165, 1.54) is 23.3 Å². The second-order valence-electron chi connectivity index (χ2n) is 6.19. The average Bonchev–Trinajstić information content (AvgIpc) is 2.98. The molecule has 0 radical (unpaired) electrons. The molecule has 0 atom stereocenters. The number of benzene rings is 2. The number of aryl methyl sites for hydroxylation is 1. The maximum atomic E-state index is 12.4. The van der Waals surface area contributed by atoms with E-state index in [2.05, 4.69) is 15.0 Å². The number of anilines is 2. The number of thiazole rings is 1. The third-order valence-electron chi connectivity index (χ3n) is 3.97. The van der Waals surface area contributed by atoms with Crippen LogP contribution in [-0.4, -0.2) is 24.1 Å². The van der Waals surface area contributed by atoms with Gasteiger partial charge in [0.05, 0.1) is 18.9 Å². The van der Waals surface area contributed by atoms with E-state index >= 15 is 0 Å². The van der Waals surface area contributed by atoms with Gasteiger partial charge < -0.3 is 14.2 Å². The molecule has 0 aliphatic carbocycles. The van der Waals surface area contributed by atoms with Gasteiger partial charge in [0.1, 0.15) is 0 Å². The zero-order chi connectivity index (χ0) is 19.3. The van der Waals surface area contributed by atoms with E-state index in [0.29, 0.717) is 23.9 Å². The number of fused-ring (bicyclic) bond motifs is 1. The summed E-state index contributed by atoms with van der Waals surface area (Å²) in [7, 11) is 0. The molecule has 1 aliphatic rings. The van der Waals surface area contributed by atoms with Gasteiger partial charge in [0, 0.05) is 27.9 Å². The van der Waals surface area contributed by atoms with Crippen molar-refractivity contribution in [2.75, 3.05) is 23.3 Å². The molecular weight excluding hydrogens is 394 g/mol. The molecule has 1 aromatic heterocycles. The third-order valence-corrected chi connectivity index (χ3v) is 5.67. The number of amides is 1. The minimum atomic E-state index is -0.182. The van der Waals surface area contributed by atoms with Gasteiger partial charge in [-0.25, -0.2) is 4.98 Å². The fraction of sp³-hybridized carbons (Fsp3) is 0.200. The summed E-state index contributed by atoms with van der Waals surface area (Å²) in [5.74, 6) is 1.35. The van der Waals surface area contributed by atoms with E-state index in [0.717, 1.165) is 34.2 Å². The van der Waals surface area contributed by atoms with Crippen molar-refractivity contribution in [2.24, 2.45) is 0 Å². The number of carbonyl (C=O) groups is 1. The first-order chi connectivity index (χ1) is 13.7. The third kappa shape index (κ3) is 4.58. The van der Waals surface area contributed by atoms with E-state index in [1.807, 2.05) is 48.7 Å². The van der Waals surface area contributed by atoms with Gasteiger partial charge in [0.2, 0.25) is 0 Å². The standard InChI is InChI=1S/C20H19N3O3S2/c1-13-12-27-20(21-13)22-19(24)14-4-2-5-15(10-14)23-28-16-6-7-17-18(11-16)26-9-3-8-25-17/h2,4-7,10-12,23H,3,8-9H2,1H3,(H,21,22,24). The highest BCUT2D eigenvalue weighted by Gasteiger charge is 2.12. The highest BCUT2D eigenvalue weighted by molar-refractivity contribution is 8.00. The van der Waals surface area contributed by atoms with Gasteiger partial charge in [-0.15, -0.1) is 11.3 Å². The molecule has 3 aromatic rings. The summed E-state index contributed by atoms with van der Waals surface area (Å²) in [6.45, 7) is 3.23. The van der Waals surface area contributed by atoms with Crippen LogP contribution in [0.5, 0.6) is 11.5 Å². The van der Waals surface area contributed by atoms with Gasteiger partial charge in [0.15, 0.2) is 16.6 Å². The minimum Gasteiger partial charge on any atom is -0.490 e. The second-order valence-corrected chi connectivity index (χ2v) is 7.93. The Bertz CT molecular complexity index is 990. The smallest absolute Gasteiger partial charge is 0.257 e. The van der Waals surface area contributed by atoms with E-state index in [9.17, 15) is 4.79 Å². The van der Waals surface area contributed by atoms with Crippen LogP contribution in [0.15, 0.2) is 52.7 Å². The van der Waals surface area contributed by atoms with Crippen molar-refractivity contribution in [1.29, 1.82) is 0 Å². The summed E-state index contributed by atoms with van der Waals surface area (Å²) in [5, 5.41) is 5.33. The lowest BCUT2D eigenvalue weighted by atomic mass is 10.2. The van der Waals surface area contributed by atoms with E-state index in [4.69, 9.17) is 9.47 Å². The van der Waals surface area contributed by atoms with Crippen LogP contribution in [0.4, 0.5) is 10.8 Å². The molecule has 6 nitrogen and oxygen atoms in total. The molecular formula is C20H19N3O3S2. The summed E-state index contributed by atoms with van der Waals surface area (Å²) in [6.07, 6.45) is 0.880. The van der Waals surface area contributed by atoms with Crippen LogP contribution in [-0.2, 0) is 0 Å². The van der Waals surface area contributed by atoms with Crippen molar-refractivity contribution in [3.8, 4) is 11.5 Å². The highest BCUT2D eigenvalue weighted by Crippen LogP contribution is 2.34. The van der Waals surface area contributed by atoms with Crippen molar-refractivity contribution < 1.29 is 14.3 Å². The summed E-state index contributed by atoms with van der Waals surface area (Å²) in [6, 6.07) is 13.2. The predicted octanol–water partition coefficient (Wildman–Crippen LogP) is 4.98. The minimum absolute atomic E-state index is 0.182. The van der Waals surface area contributed by atoms with Crippen LogP contribution in [0.3, 0.4) is 0 Å². The van der Waals surface area contributed by atoms with Crippen LogP contribution in [0.1, 0.15) is 22.5 Å². The van der Waals surface area contributed by atoms with Gasteiger partial charge >= 0.3 is 0 Å². The van der Waals surface area contributed by atoms with Gasteiger partial charge in [-0.05, 0) is 55.3 Å². The lowest BCUT2D eigenvalue weighted by molar-refractivity contribution is 0.102. The molecule has 2 N–H and O–H groups in total. The molecule has 144 valence electrons. The van der Waals surface area contributed by atoms with E-state index in [-0.39, 0.29) is 5.91 Å². The Hall–Kier alpha value is -2.71. The van der Waals surface area contributed by atoms with E-state index in [1.54, 1.807) is 6.07 Å². The first-order valence-electron chi connectivity index (χ1n) is 8.83. The van der Waals surface area contributed by atoms with Crippen molar-refractivity contribution in [3.05, 3.63) is 59.1 Å². The Kier molecular flexibility index (Phi) is 5.68. The maximum Gasteiger partial charge on any atom is 0.257 e. The lowest BCUT2D eigenvalue weighted by Crippen LogP contribution is -2.11. The molecule has 0 saturated heterocycles. The number of hydrogen-bond acceptors (Lipinski definition) is 7. The molecule has 4 rings (SSSR count). The zero-order valence-electron chi connectivity index (χ0n) is 15.2. The first kappa shape index (κ1) is 18.6. The average molecular weight is 414 g/mol. The normalized spacial score (nSPS) is 12.9. The number of ether oxygens (including phenoxy) is 2. The fourth-order valence-electron chi connectivity index (χ4n) is 2.63. The topological polar surface area (TPSA) is 72.5 Å². The predicted molar refractivity (Wildman–Crippen MR) is 113 cm³/mol. The van der Waals surface area contributed by atoms with Crippen molar-refractivity contribution in [1.82, 2.24) is 4.98 Å². The van der Waals surface area contributed by atoms with Crippen LogP contribution in [0.2, 0.25) is 0 Å². The summed E-state index contributed by atoms with van der Waals surface area (Å²) in [4.78, 5) is 17.7. The Balaban J connectivity index is 1.41. The highest BCUT2D eigenvalue weighted by atomic mass is 32.2. The molecule has 1 aliphatic heterocycles. The summed E-state index contributed by atoms with van der Waals surface area (Å²) >= 11 is 2.87. The molecule has 0 bridgehead atoms. The largest absolute Gasteiger partial charge is 0.490 e. The molecule has 0 unspecified atom stereocenters. The maximum absolute atomic E-state index is 12.4. The fourth-order valence-corrected chi connectivity index (χ4v) is 3.98. The lowest BCUT2D eigenvalue weighted by Gasteiger charge is -2.10. The number of aromatic nitrogens is 1. The number of nitrogens with zero attached hydrogens (tertiary/aromatic N) is 1.